The van der Waals surface area contributed by atoms with E-state index in [1.165, 1.54) is 6.20 Å². The summed E-state index contributed by atoms with van der Waals surface area (Å²) in [7, 11) is 0. The number of nitrogens with zero attached hydrogens (tertiary/aromatic N) is 4. The molecule has 6 nitrogen and oxygen atoms in total. The second kappa shape index (κ2) is 7.13. The normalized spacial score (nSPS) is 15.4. The Kier molecular flexibility index (Phi) is 4.94. The third-order valence-electron chi connectivity index (χ3n) is 4.07. The third kappa shape index (κ3) is 4.00. The second-order valence-corrected chi connectivity index (χ2v) is 6.45. The lowest BCUT2D eigenvalue weighted by Gasteiger charge is -2.33. The van der Waals surface area contributed by atoms with Crippen molar-refractivity contribution in [3.05, 3.63) is 46.6 Å². The van der Waals surface area contributed by atoms with Crippen LogP contribution in [-0.2, 0) is 0 Å². The maximum absolute atomic E-state index is 12.2. The number of aromatic nitrogens is 3. The topological polar surface area (TPSA) is 71.0 Å². The fourth-order valence-corrected chi connectivity index (χ4v) is 2.99. The van der Waals surface area contributed by atoms with Gasteiger partial charge < -0.3 is 10.2 Å². The van der Waals surface area contributed by atoms with Crippen LogP contribution in [0.2, 0.25) is 5.02 Å². The Labute approximate surface area is 146 Å². The van der Waals surface area contributed by atoms with Crippen molar-refractivity contribution in [2.24, 2.45) is 0 Å². The molecular formula is C17H20ClN5O. The fourth-order valence-electron chi connectivity index (χ4n) is 2.88. The molecule has 0 spiro atoms. The van der Waals surface area contributed by atoms with Gasteiger partial charge in [-0.1, -0.05) is 11.6 Å². The van der Waals surface area contributed by atoms with E-state index in [1.807, 2.05) is 19.9 Å². The van der Waals surface area contributed by atoms with Crippen LogP contribution in [0.4, 0.5) is 5.82 Å². The van der Waals surface area contributed by atoms with Gasteiger partial charge in [-0.05, 0) is 38.8 Å². The van der Waals surface area contributed by atoms with Gasteiger partial charge in [-0.3, -0.25) is 4.79 Å². The zero-order valence-corrected chi connectivity index (χ0v) is 14.5. The number of rotatable bonds is 3. The Bertz CT molecular complexity index is 706. The number of nitrogens with one attached hydrogen (secondary N) is 1. The van der Waals surface area contributed by atoms with E-state index < -0.39 is 0 Å². The minimum absolute atomic E-state index is 0.148. The van der Waals surface area contributed by atoms with Crippen molar-refractivity contribution in [2.45, 2.75) is 32.7 Å². The number of carbonyl (C=O) groups excluding carboxylic acids is 1. The monoisotopic (exact) mass is 345 g/mol. The molecule has 3 rings (SSSR count). The van der Waals surface area contributed by atoms with Gasteiger partial charge in [-0.15, -0.1) is 0 Å². The lowest BCUT2D eigenvalue weighted by atomic mass is 10.0. The number of pyridine rings is 1. The summed E-state index contributed by atoms with van der Waals surface area (Å²) in [5.41, 5.74) is 1.37. The average Bonchev–Trinajstić information content (AvgIpc) is 2.55. The van der Waals surface area contributed by atoms with Crippen LogP contribution in [0.5, 0.6) is 0 Å². The molecule has 0 radical (unpaired) electrons. The van der Waals surface area contributed by atoms with E-state index in [1.54, 1.807) is 12.1 Å². The summed E-state index contributed by atoms with van der Waals surface area (Å²) in [6.07, 6.45) is 3.24. The van der Waals surface area contributed by atoms with Crippen LogP contribution in [0.3, 0.4) is 0 Å². The van der Waals surface area contributed by atoms with E-state index in [0.29, 0.717) is 10.7 Å². The molecule has 1 N–H and O–H groups in total. The number of hydrogen-bond donors (Lipinski definition) is 1. The van der Waals surface area contributed by atoms with Crippen LogP contribution >= 0.6 is 11.6 Å². The maximum atomic E-state index is 12.2. The van der Waals surface area contributed by atoms with Crippen LogP contribution in [0, 0.1) is 13.8 Å². The Morgan fingerprint density at radius 3 is 2.62 bits per heavy atom. The molecule has 24 heavy (non-hydrogen) atoms. The predicted octanol–water partition coefficient (Wildman–Crippen LogP) is 2.54. The Hall–Kier alpha value is -2.21. The average molecular weight is 346 g/mol. The second-order valence-electron chi connectivity index (χ2n) is 6.01. The SMILES string of the molecule is Cc1cc(N2CCC(NC(=O)c3ccc(Cl)cn3)CC2)nc(C)n1. The first-order chi connectivity index (χ1) is 11.5. The first kappa shape index (κ1) is 16.6. The highest BCUT2D eigenvalue weighted by atomic mass is 35.5. The highest BCUT2D eigenvalue weighted by Crippen LogP contribution is 2.19. The van der Waals surface area contributed by atoms with Gasteiger partial charge in [0.05, 0.1) is 5.02 Å². The van der Waals surface area contributed by atoms with Crippen LogP contribution < -0.4 is 10.2 Å². The summed E-state index contributed by atoms with van der Waals surface area (Å²) < 4.78 is 0. The van der Waals surface area contributed by atoms with Crippen molar-refractivity contribution in [1.29, 1.82) is 0 Å². The van der Waals surface area contributed by atoms with Gasteiger partial charge in [0.2, 0.25) is 0 Å². The zero-order chi connectivity index (χ0) is 17.1. The van der Waals surface area contributed by atoms with Crippen LogP contribution in [0.15, 0.2) is 24.4 Å². The molecule has 0 aliphatic carbocycles. The third-order valence-corrected chi connectivity index (χ3v) is 4.29. The van der Waals surface area contributed by atoms with Crippen LogP contribution in [0.25, 0.3) is 0 Å². The fraction of sp³-hybridized carbons (Fsp3) is 0.412. The molecule has 2 aromatic rings. The molecule has 3 heterocycles. The summed E-state index contributed by atoms with van der Waals surface area (Å²) in [6, 6.07) is 5.46. The number of aryl methyl sites for hydroxylation is 2. The van der Waals surface area contributed by atoms with Crippen molar-refractivity contribution >= 4 is 23.3 Å². The summed E-state index contributed by atoms with van der Waals surface area (Å²) in [5, 5.41) is 3.57. The molecule has 1 aliphatic heterocycles. The Morgan fingerprint density at radius 2 is 2.00 bits per heavy atom. The predicted molar refractivity (Wildman–Crippen MR) is 93.5 cm³/mol. The molecule has 0 atom stereocenters. The van der Waals surface area contributed by atoms with E-state index in [-0.39, 0.29) is 11.9 Å². The van der Waals surface area contributed by atoms with Gasteiger partial charge >= 0.3 is 0 Å². The van der Waals surface area contributed by atoms with E-state index in [4.69, 9.17) is 11.6 Å². The summed E-state index contributed by atoms with van der Waals surface area (Å²) in [6.45, 7) is 5.59. The number of hydrogen-bond acceptors (Lipinski definition) is 5. The van der Waals surface area contributed by atoms with Crippen molar-refractivity contribution in [3.8, 4) is 0 Å². The van der Waals surface area contributed by atoms with E-state index >= 15 is 0 Å². The lowest BCUT2D eigenvalue weighted by molar-refractivity contribution is 0.0926. The van der Waals surface area contributed by atoms with Gasteiger partial charge in [0.25, 0.3) is 5.91 Å². The maximum Gasteiger partial charge on any atom is 0.270 e. The van der Waals surface area contributed by atoms with Gasteiger partial charge in [-0.2, -0.15) is 0 Å². The Morgan fingerprint density at radius 1 is 1.25 bits per heavy atom. The van der Waals surface area contributed by atoms with Gasteiger partial charge in [0, 0.05) is 37.1 Å². The molecular weight excluding hydrogens is 326 g/mol. The highest BCUT2D eigenvalue weighted by Gasteiger charge is 2.22. The van der Waals surface area contributed by atoms with Crippen LogP contribution in [-0.4, -0.2) is 40.0 Å². The number of halogens is 1. The number of carbonyl (C=O) groups is 1. The molecule has 0 unspecified atom stereocenters. The molecule has 1 saturated heterocycles. The summed E-state index contributed by atoms with van der Waals surface area (Å²) in [4.78, 5) is 27.3. The molecule has 126 valence electrons. The zero-order valence-electron chi connectivity index (χ0n) is 13.8. The number of anilines is 1. The molecule has 1 aliphatic rings. The van der Waals surface area contributed by atoms with Gasteiger partial charge in [0.15, 0.2) is 0 Å². The quantitative estimate of drug-likeness (QED) is 0.925. The number of amides is 1. The summed E-state index contributed by atoms with van der Waals surface area (Å²) in [5.74, 6) is 1.59. The lowest BCUT2D eigenvalue weighted by Crippen LogP contribution is -2.45. The molecule has 2 aromatic heterocycles. The van der Waals surface area contributed by atoms with Crippen molar-refractivity contribution in [3.63, 3.8) is 0 Å². The van der Waals surface area contributed by atoms with Gasteiger partial charge in [-0.25, -0.2) is 15.0 Å². The molecule has 0 saturated carbocycles. The minimum atomic E-state index is -0.154. The van der Waals surface area contributed by atoms with Crippen LogP contribution in [0.1, 0.15) is 34.8 Å². The smallest absolute Gasteiger partial charge is 0.270 e. The van der Waals surface area contributed by atoms with Gasteiger partial charge in [0.1, 0.15) is 17.3 Å². The molecule has 1 amide bonds. The van der Waals surface area contributed by atoms with Crippen molar-refractivity contribution < 1.29 is 4.79 Å². The Balaban J connectivity index is 1.57. The van der Waals surface area contributed by atoms with E-state index in [9.17, 15) is 4.79 Å². The first-order valence-corrected chi connectivity index (χ1v) is 8.39. The van der Waals surface area contributed by atoms with Crippen molar-refractivity contribution in [2.75, 3.05) is 18.0 Å². The standard InChI is InChI=1S/C17H20ClN5O/c1-11-9-16(21-12(2)20-11)23-7-5-14(6-8-23)22-17(24)15-4-3-13(18)10-19-15/h3-4,9-10,14H,5-8H2,1-2H3,(H,22,24). The molecule has 1 fully saturated rings. The summed E-state index contributed by atoms with van der Waals surface area (Å²) >= 11 is 5.79. The highest BCUT2D eigenvalue weighted by molar-refractivity contribution is 6.30. The first-order valence-electron chi connectivity index (χ1n) is 8.01. The molecule has 0 aromatic carbocycles. The van der Waals surface area contributed by atoms with E-state index in [0.717, 1.165) is 43.3 Å². The van der Waals surface area contributed by atoms with E-state index in [2.05, 4.69) is 25.2 Å². The number of piperidine rings is 1. The van der Waals surface area contributed by atoms with Crippen molar-refractivity contribution in [1.82, 2.24) is 20.3 Å². The molecule has 0 bridgehead atoms. The largest absolute Gasteiger partial charge is 0.356 e. The minimum Gasteiger partial charge on any atom is -0.356 e. The molecule has 7 heteroatoms.